The number of rotatable bonds is 6. The van der Waals surface area contributed by atoms with Gasteiger partial charge in [-0.25, -0.2) is 13.4 Å². The van der Waals surface area contributed by atoms with Crippen LogP contribution in [0.3, 0.4) is 0 Å². The van der Waals surface area contributed by atoms with E-state index >= 15 is 0 Å². The van der Waals surface area contributed by atoms with Gasteiger partial charge in [0, 0.05) is 18.9 Å². The molecule has 0 saturated heterocycles. The van der Waals surface area contributed by atoms with E-state index in [2.05, 4.69) is 20.0 Å². The SMILES string of the molecule is Cc1ccc(S(=O)(=O)Nc2ccc(NCc3cccnc3)cn2)cc1C. The third-order valence-electron chi connectivity index (χ3n) is 4.01. The summed E-state index contributed by atoms with van der Waals surface area (Å²) < 4.78 is 27.5. The van der Waals surface area contributed by atoms with Gasteiger partial charge >= 0.3 is 0 Å². The molecule has 0 unspecified atom stereocenters. The van der Waals surface area contributed by atoms with E-state index in [0.29, 0.717) is 6.54 Å². The number of nitrogens with one attached hydrogen (secondary N) is 2. The van der Waals surface area contributed by atoms with E-state index in [0.717, 1.165) is 22.4 Å². The number of hydrogen-bond donors (Lipinski definition) is 2. The summed E-state index contributed by atoms with van der Waals surface area (Å²) in [5, 5.41) is 3.22. The molecule has 0 aliphatic carbocycles. The second-order valence-electron chi connectivity index (χ2n) is 6.00. The van der Waals surface area contributed by atoms with Gasteiger partial charge in [-0.1, -0.05) is 12.1 Å². The van der Waals surface area contributed by atoms with E-state index in [1.54, 1.807) is 48.9 Å². The highest BCUT2D eigenvalue weighted by Crippen LogP contribution is 2.19. The second-order valence-corrected chi connectivity index (χ2v) is 7.68. The Morgan fingerprint density at radius 2 is 1.85 bits per heavy atom. The molecule has 2 N–H and O–H groups in total. The van der Waals surface area contributed by atoms with E-state index in [4.69, 9.17) is 0 Å². The van der Waals surface area contributed by atoms with Crippen LogP contribution in [0.1, 0.15) is 16.7 Å². The first-order chi connectivity index (χ1) is 12.4. The zero-order chi connectivity index (χ0) is 18.6. The summed E-state index contributed by atoms with van der Waals surface area (Å²) >= 11 is 0. The van der Waals surface area contributed by atoms with Crippen molar-refractivity contribution in [3.63, 3.8) is 0 Å². The molecule has 0 aliphatic rings. The van der Waals surface area contributed by atoms with Crippen molar-refractivity contribution in [2.45, 2.75) is 25.3 Å². The zero-order valence-corrected chi connectivity index (χ0v) is 15.4. The summed E-state index contributed by atoms with van der Waals surface area (Å²) in [4.78, 5) is 8.46. The van der Waals surface area contributed by atoms with Crippen LogP contribution in [0, 0.1) is 13.8 Å². The molecule has 3 rings (SSSR count). The van der Waals surface area contributed by atoms with Gasteiger partial charge in [-0.05, 0) is 60.9 Å². The molecule has 7 heteroatoms. The minimum absolute atomic E-state index is 0.223. The molecule has 26 heavy (non-hydrogen) atoms. The fourth-order valence-corrected chi connectivity index (χ4v) is 3.44. The van der Waals surface area contributed by atoms with Crippen molar-refractivity contribution < 1.29 is 8.42 Å². The highest BCUT2D eigenvalue weighted by Gasteiger charge is 2.15. The third kappa shape index (κ3) is 4.37. The summed E-state index contributed by atoms with van der Waals surface area (Å²) in [6.45, 7) is 4.44. The largest absolute Gasteiger partial charge is 0.380 e. The van der Waals surface area contributed by atoms with Crippen LogP contribution in [-0.2, 0) is 16.6 Å². The maximum Gasteiger partial charge on any atom is 0.263 e. The Labute approximate surface area is 153 Å². The van der Waals surface area contributed by atoms with Crippen LogP contribution in [0.4, 0.5) is 11.5 Å². The summed E-state index contributed by atoms with van der Waals surface area (Å²) in [5.74, 6) is 0.273. The average Bonchev–Trinajstić information content (AvgIpc) is 2.64. The van der Waals surface area contributed by atoms with Crippen LogP contribution in [-0.4, -0.2) is 18.4 Å². The Hall–Kier alpha value is -2.93. The highest BCUT2D eigenvalue weighted by atomic mass is 32.2. The lowest BCUT2D eigenvalue weighted by molar-refractivity contribution is 0.601. The van der Waals surface area contributed by atoms with Gasteiger partial charge in [-0.15, -0.1) is 0 Å². The topological polar surface area (TPSA) is 84.0 Å². The van der Waals surface area contributed by atoms with Gasteiger partial charge in [-0.3, -0.25) is 9.71 Å². The molecule has 0 aliphatic heterocycles. The van der Waals surface area contributed by atoms with Crippen LogP contribution in [0.25, 0.3) is 0 Å². The summed E-state index contributed by atoms with van der Waals surface area (Å²) in [6, 6.07) is 12.3. The van der Waals surface area contributed by atoms with Crippen LogP contribution >= 0.6 is 0 Å². The molecule has 0 bridgehead atoms. The number of pyridine rings is 2. The van der Waals surface area contributed by atoms with Crippen molar-refractivity contribution in [2.24, 2.45) is 0 Å². The monoisotopic (exact) mass is 368 g/mol. The van der Waals surface area contributed by atoms with E-state index < -0.39 is 10.0 Å². The van der Waals surface area contributed by atoms with Gasteiger partial charge in [0.15, 0.2) is 0 Å². The van der Waals surface area contributed by atoms with Gasteiger partial charge in [0.25, 0.3) is 10.0 Å². The smallest absolute Gasteiger partial charge is 0.263 e. The molecular formula is C19H20N4O2S. The normalized spacial score (nSPS) is 11.2. The number of hydrogen-bond acceptors (Lipinski definition) is 5. The molecule has 6 nitrogen and oxygen atoms in total. The van der Waals surface area contributed by atoms with Crippen LogP contribution in [0.15, 0.2) is 66.0 Å². The molecule has 0 atom stereocenters. The molecular weight excluding hydrogens is 348 g/mol. The number of aryl methyl sites for hydroxylation is 2. The molecule has 0 spiro atoms. The fraction of sp³-hybridized carbons (Fsp3) is 0.158. The molecule has 0 amide bonds. The number of benzene rings is 1. The first-order valence-electron chi connectivity index (χ1n) is 8.13. The number of sulfonamides is 1. The lowest BCUT2D eigenvalue weighted by atomic mass is 10.1. The third-order valence-corrected chi connectivity index (χ3v) is 5.36. The average molecular weight is 368 g/mol. The molecule has 2 aromatic heterocycles. The van der Waals surface area contributed by atoms with E-state index in [1.807, 2.05) is 26.0 Å². The van der Waals surface area contributed by atoms with Crippen LogP contribution in [0.2, 0.25) is 0 Å². The number of aromatic nitrogens is 2. The first kappa shape index (κ1) is 17.9. The van der Waals surface area contributed by atoms with Crippen molar-refractivity contribution in [3.05, 3.63) is 77.7 Å². The van der Waals surface area contributed by atoms with E-state index in [1.165, 1.54) is 0 Å². The van der Waals surface area contributed by atoms with Gasteiger partial charge in [0.2, 0.25) is 0 Å². The van der Waals surface area contributed by atoms with Crippen molar-refractivity contribution >= 4 is 21.5 Å². The van der Waals surface area contributed by atoms with Crippen molar-refractivity contribution in [1.29, 1.82) is 0 Å². The first-order valence-corrected chi connectivity index (χ1v) is 9.61. The Morgan fingerprint density at radius 1 is 1.00 bits per heavy atom. The summed E-state index contributed by atoms with van der Waals surface area (Å²) in [5.41, 5.74) is 3.82. The van der Waals surface area contributed by atoms with Crippen molar-refractivity contribution in [2.75, 3.05) is 10.0 Å². The second kappa shape index (κ2) is 7.53. The molecule has 1 aromatic carbocycles. The van der Waals surface area contributed by atoms with E-state index in [9.17, 15) is 8.42 Å². The Balaban J connectivity index is 1.67. The molecule has 134 valence electrons. The Kier molecular flexibility index (Phi) is 5.18. The van der Waals surface area contributed by atoms with Gasteiger partial charge in [-0.2, -0.15) is 0 Å². The molecule has 0 fully saturated rings. The standard InChI is InChI=1S/C19H20N4O2S/c1-14-5-7-18(10-15(14)2)26(24,25)23-19-8-6-17(13-22-19)21-12-16-4-3-9-20-11-16/h3-11,13,21H,12H2,1-2H3,(H,22,23). The van der Waals surface area contributed by atoms with Gasteiger partial charge in [0.1, 0.15) is 5.82 Å². The predicted octanol–water partition coefficient (Wildman–Crippen LogP) is 3.51. The highest BCUT2D eigenvalue weighted by molar-refractivity contribution is 7.92. The fourth-order valence-electron chi connectivity index (χ4n) is 2.34. The Morgan fingerprint density at radius 3 is 2.50 bits per heavy atom. The lowest BCUT2D eigenvalue weighted by Gasteiger charge is -2.10. The maximum absolute atomic E-state index is 12.5. The Bertz CT molecular complexity index is 988. The molecule has 2 heterocycles. The zero-order valence-electron chi connectivity index (χ0n) is 14.6. The van der Waals surface area contributed by atoms with Gasteiger partial charge < -0.3 is 5.32 Å². The van der Waals surface area contributed by atoms with Crippen molar-refractivity contribution in [3.8, 4) is 0 Å². The number of nitrogens with zero attached hydrogens (tertiary/aromatic N) is 2. The summed E-state index contributed by atoms with van der Waals surface area (Å²) in [7, 11) is -3.66. The van der Waals surface area contributed by atoms with Gasteiger partial charge in [0.05, 0.1) is 16.8 Å². The minimum atomic E-state index is -3.66. The maximum atomic E-state index is 12.5. The minimum Gasteiger partial charge on any atom is -0.380 e. The van der Waals surface area contributed by atoms with Crippen molar-refractivity contribution in [1.82, 2.24) is 9.97 Å². The predicted molar refractivity (Wildman–Crippen MR) is 103 cm³/mol. The van der Waals surface area contributed by atoms with E-state index in [-0.39, 0.29) is 10.7 Å². The van der Waals surface area contributed by atoms with Crippen LogP contribution in [0.5, 0.6) is 0 Å². The molecule has 0 radical (unpaired) electrons. The number of anilines is 2. The van der Waals surface area contributed by atoms with Crippen LogP contribution < -0.4 is 10.0 Å². The quantitative estimate of drug-likeness (QED) is 0.696. The molecule has 0 saturated carbocycles. The summed E-state index contributed by atoms with van der Waals surface area (Å²) in [6.07, 6.45) is 5.10. The lowest BCUT2D eigenvalue weighted by Crippen LogP contribution is -2.14. The molecule has 3 aromatic rings.